The Hall–Kier alpha value is -3.16. The Labute approximate surface area is 151 Å². The van der Waals surface area contributed by atoms with E-state index in [1.54, 1.807) is 24.0 Å². The van der Waals surface area contributed by atoms with E-state index in [0.29, 0.717) is 23.5 Å². The first-order chi connectivity index (χ1) is 12.5. The van der Waals surface area contributed by atoms with Crippen molar-refractivity contribution in [3.05, 3.63) is 54.3 Å². The van der Waals surface area contributed by atoms with E-state index in [-0.39, 0.29) is 12.6 Å². The molecule has 8 heteroatoms. The first-order valence-corrected chi connectivity index (χ1v) is 8.46. The molecule has 0 bridgehead atoms. The van der Waals surface area contributed by atoms with Crippen molar-refractivity contribution in [2.24, 2.45) is 5.92 Å². The quantitative estimate of drug-likeness (QED) is 0.735. The number of nitrogens with zero attached hydrogens (tertiary/aromatic N) is 5. The van der Waals surface area contributed by atoms with Gasteiger partial charge in [-0.05, 0) is 18.1 Å². The van der Waals surface area contributed by atoms with Gasteiger partial charge in [-0.15, -0.1) is 0 Å². The molecule has 8 nitrogen and oxygen atoms in total. The molecule has 0 saturated carbocycles. The van der Waals surface area contributed by atoms with Gasteiger partial charge in [0.2, 0.25) is 5.89 Å². The number of carbonyl (C=O) groups excluding carboxylic acids is 1. The molecule has 2 heterocycles. The number of aromatic nitrogens is 4. The number of hydrogen-bond donors (Lipinski definition) is 1. The summed E-state index contributed by atoms with van der Waals surface area (Å²) in [6.45, 7) is 4.41. The highest BCUT2D eigenvalue weighted by atomic mass is 16.5. The summed E-state index contributed by atoms with van der Waals surface area (Å²) in [4.78, 5) is 18.3. The monoisotopic (exact) mass is 354 g/mol. The van der Waals surface area contributed by atoms with Crippen LogP contribution in [0.4, 0.5) is 10.6 Å². The molecule has 136 valence electrons. The van der Waals surface area contributed by atoms with Crippen molar-refractivity contribution in [1.82, 2.24) is 24.8 Å². The van der Waals surface area contributed by atoms with Crippen molar-refractivity contribution in [3.63, 3.8) is 0 Å². The lowest BCUT2D eigenvalue weighted by Gasteiger charge is -2.16. The molecule has 0 aliphatic rings. The minimum absolute atomic E-state index is 0.233. The molecule has 0 unspecified atom stereocenters. The zero-order chi connectivity index (χ0) is 18.5. The van der Waals surface area contributed by atoms with Crippen LogP contribution >= 0.6 is 0 Å². The lowest BCUT2D eigenvalue weighted by atomic mass is 10.1. The minimum atomic E-state index is -0.286. The third kappa shape index (κ3) is 4.27. The zero-order valence-corrected chi connectivity index (χ0v) is 15.1. The summed E-state index contributed by atoms with van der Waals surface area (Å²) in [6, 6.07) is 11.1. The van der Waals surface area contributed by atoms with Crippen molar-refractivity contribution in [1.29, 1.82) is 0 Å². The largest absolute Gasteiger partial charge is 0.337 e. The van der Waals surface area contributed by atoms with Crippen LogP contribution in [0.1, 0.15) is 25.6 Å². The van der Waals surface area contributed by atoms with E-state index in [4.69, 9.17) is 4.52 Å². The summed E-state index contributed by atoms with van der Waals surface area (Å²) in [6.07, 6.45) is 2.38. The van der Waals surface area contributed by atoms with Gasteiger partial charge >= 0.3 is 6.03 Å². The molecule has 3 rings (SSSR count). The maximum atomic E-state index is 12.5. The molecule has 0 fully saturated rings. The predicted molar refractivity (Wildman–Crippen MR) is 96.9 cm³/mol. The molecule has 1 aromatic carbocycles. The van der Waals surface area contributed by atoms with Crippen molar-refractivity contribution in [2.75, 3.05) is 12.4 Å². The first-order valence-electron chi connectivity index (χ1n) is 8.46. The smallest absolute Gasteiger partial charge is 0.323 e. The van der Waals surface area contributed by atoms with Gasteiger partial charge in [-0.25, -0.2) is 9.48 Å². The average molecular weight is 354 g/mol. The molecule has 0 spiro atoms. The average Bonchev–Trinajstić information content (AvgIpc) is 3.24. The number of urea groups is 1. The summed E-state index contributed by atoms with van der Waals surface area (Å²) in [5.74, 6) is 2.10. The second kappa shape index (κ2) is 7.81. The molecule has 0 atom stereocenters. The maximum absolute atomic E-state index is 12.5. The molecule has 2 amide bonds. The van der Waals surface area contributed by atoms with Gasteiger partial charge in [0, 0.05) is 19.5 Å². The van der Waals surface area contributed by atoms with Crippen LogP contribution in [0.3, 0.4) is 0 Å². The van der Waals surface area contributed by atoms with Crippen molar-refractivity contribution >= 4 is 11.8 Å². The number of amides is 2. The van der Waals surface area contributed by atoms with Gasteiger partial charge in [-0.3, -0.25) is 5.32 Å². The fourth-order valence-corrected chi connectivity index (χ4v) is 2.46. The highest BCUT2D eigenvalue weighted by Crippen LogP contribution is 2.15. The Morgan fingerprint density at radius 2 is 2.04 bits per heavy atom. The third-order valence-corrected chi connectivity index (χ3v) is 3.70. The molecule has 26 heavy (non-hydrogen) atoms. The standard InChI is InChI=1S/C18H22N6O2/c1-13(2)11-15-20-17(26-22-15)12-23(3)18(25)21-16-9-10-19-24(16)14-7-5-4-6-8-14/h4-10,13H,11-12H2,1-3H3,(H,21,25). The van der Waals surface area contributed by atoms with Gasteiger partial charge in [0.05, 0.1) is 11.9 Å². The number of hydrogen-bond acceptors (Lipinski definition) is 5. The van der Waals surface area contributed by atoms with Gasteiger partial charge in [-0.1, -0.05) is 37.2 Å². The van der Waals surface area contributed by atoms with Gasteiger partial charge < -0.3 is 9.42 Å². The van der Waals surface area contributed by atoms with Crippen molar-refractivity contribution in [2.45, 2.75) is 26.8 Å². The van der Waals surface area contributed by atoms with Crippen LogP contribution in [0.25, 0.3) is 5.69 Å². The lowest BCUT2D eigenvalue weighted by Crippen LogP contribution is -2.31. The van der Waals surface area contributed by atoms with Crippen LogP contribution in [0, 0.1) is 5.92 Å². The summed E-state index contributed by atoms with van der Waals surface area (Å²) in [5.41, 5.74) is 0.866. The SMILES string of the molecule is CC(C)Cc1noc(CN(C)C(=O)Nc2ccnn2-c2ccccc2)n1. The van der Waals surface area contributed by atoms with Crippen molar-refractivity contribution < 1.29 is 9.32 Å². The molecular weight excluding hydrogens is 332 g/mol. The lowest BCUT2D eigenvalue weighted by molar-refractivity contribution is 0.212. The molecular formula is C18H22N6O2. The van der Waals surface area contributed by atoms with Gasteiger partial charge in [0.25, 0.3) is 0 Å². The summed E-state index contributed by atoms with van der Waals surface area (Å²) in [5, 5.41) is 11.0. The van der Waals surface area contributed by atoms with E-state index in [1.807, 2.05) is 30.3 Å². The highest BCUT2D eigenvalue weighted by Gasteiger charge is 2.16. The Morgan fingerprint density at radius 1 is 1.27 bits per heavy atom. The van der Waals surface area contributed by atoms with E-state index in [1.165, 1.54) is 4.90 Å². The second-order valence-electron chi connectivity index (χ2n) is 6.45. The summed E-state index contributed by atoms with van der Waals surface area (Å²) in [7, 11) is 1.67. The van der Waals surface area contributed by atoms with Crippen molar-refractivity contribution in [3.8, 4) is 5.69 Å². The molecule has 0 radical (unpaired) electrons. The number of benzene rings is 1. The van der Waals surface area contributed by atoms with E-state index in [0.717, 1.165) is 12.1 Å². The van der Waals surface area contributed by atoms with E-state index in [2.05, 4.69) is 34.4 Å². The van der Waals surface area contributed by atoms with Crippen LogP contribution < -0.4 is 5.32 Å². The number of anilines is 1. The maximum Gasteiger partial charge on any atom is 0.323 e. The van der Waals surface area contributed by atoms with E-state index in [9.17, 15) is 4.79 Å². The van der Waals surface area contributed by atoms with Crippen LogP contribution in [0.5, 0.6) is 0 Å². The second-order valence-corrected chi connectivity index (χ2v) is 6.45. The van der Waals surface area contributed by atoms with Gasteiger partial charge in [0.1, 0.15) is 12.4 Å². The van der Waals surface area contributed by atoms with E-state index < -0.39 is 0 Å². The van der Waals surface area contributed by atoms with Crippen LogP contribution in [0.2, 0.25) is 0 Å². The summed E-state index contributed by atoms with van der Waals surface area (Å²) >= 11 is 0. The summed E-state index contributed by atoms with van der Waals surface area (Å²) < 4.78 is 6.88. The predicted octanol–water partition coefficient (Wildman–Crippen LogP) is 3.12. The van der Waals surface area contributed by atoms with Crippen LogP contribution in [0.15, 0.2) is 47.1 Å². The molecule has 0 saturated heterocycles. The fraction of sp³-hybridized carbons (Fsp3) is 0.333. The Morgan fingerprint density at radius 3 is 2.77 bits per heavy atom. The fourth-order valence-electron chi connectivity index (χ4n) is 2.46. The van der Waals surface area contributed by atoms with Crippen LogP contribution in [-0.4, -0.2) is 37.9 Å². The first kappa shape index (κ1) is 17.7. The molecule has 3 aromatic rings. The van der Waals surface area contributed by atoms with Crippen LogP contribution in [-0.2, 0) is 13.0 Å². The Kier molecular flexibility index (Phi) is 5.31. The van der Waals surface area contributed by atoms with Gasteiger partial charge in [-0.2, -0.15) is 10.1 Å². The third-order valence-electron chi connectivity index (χ3n) is 3.70. The molecule has 2 aromatic heterocycles. The number of carbonyl (C=O) groups is 1. The molecule has 0 aliphatic heterocycles. The normalized spacial score (nSPS) is 10.9. The zero-order valence-electron chi connectivity index (χ0n) is 15.1. The topological polar surface area (TPSA) is 89.1 Å². The molecule has 1 N–H and O–H groups in total. The van der Waals surface area contributed by atoms with Gasteiger partial charge in [0.15, 0.2) is 5.82 Å². The number of para-hydroxylation sites is 1. The van der Waals surface area contributed by atoms with E-state index >= 15 is 0 Å². The number of nitrogens with one attached hydrogen (secondary N) is 1. The minimum Gasteiger partial charge on any atom is -0.337 e. The highest BCUT2D eigenvalue weighted by molar-refractivity contribution is 5.88. The molecule has 0 aliphatic carbocycles. The Balaban J connectivity index is 1.63. The Bertz CT molecular complexity index is 855. The number of rotatable bonds is 6.